The Balaban J connectivity index is 1.04. The third-order valence-electron chi connectivity index (χ3n) is 17.1. The van der Waals surface area contributed by atoms with Crippen LogP contribution in [-0.4, -0.2) is 158 Å². The molecule has 8 heterocycles. The largest absolute Gasteiger partial charge is 0.464 e. The van der Waals surface area contributed by atoms with Crippen molar-refractivity contribution in [2.24, 2.45) is 23.2 Å². The van der Waals surface area contributed by atoms with E-state index in [1.807, 2.05) is 38.2 Å². The van der Waals surface area contributed by atoms with Gasteiger partial charge in [-0.2, -0.15) is 0 Å². The molecule has 6 bridgehead atoms. The van der Waals surface area contributed by atoms with Crippen LogP contribution in [0.25, 0.3) is 33.6 Å². The Kier molecular flexibility index (Phi) is 16.1. The average Bonchev–Trinajstić information content (AvgIpc) is 4.39. The van der Waals surface area contributed by atoms with E-state index in [4.69, 9.17) is 42.8 Å². The summed E-state index contributed by atoms with van der Waals surface area (Å²) in [5.41, 5.74) is 8.60. The Morgan fingerprint density at radius 2 is 1.79 bits per heavy atom. The number of amides is 2. The van der Waals surface area contributed by atoms with E-state index in [-0.39, 0.29) is 54.9 Å². The summed E-state index contributed by atoms with van der Waals surface area (Å²) in [5.74, 6) is -2.02. The van der Waals surface area contributed by atoms with E-state index < -0.39 is 60.3 Å². The van der Waals surface area contributed by atoms with E-state index in [9.17, 15) is 23.2 Å². The number of nitrogens with zero attached hydrogens (tertiary/aromatic N) is 6. The number of methoxy groups -OCH3 is 1. The van der Waals surface area contributed by atoms with Gasteiger partial charge in [0.2, 0.25) is 11.8 Å². The number of piperazine rings is 1. The molecule has 1 aromatic carbocycles. The van der Waals surface area contributed by atoms with Crippen LogP contribution in [0.5, 0.6) is 0 Å². The summed E-state index contributed by atoms with van der Waals surface area (Å²) in [7, 11) is 1.69. The molecule has 8 atom stereocenters. The maximum Gasteiger partial charge on any atom is 0.324 e. The zero-order valence-corrected chi connectivity index (χ0v) is 45.2. The Morgan fingerprint density at radius 1 is 0.987 bits per heavy atom. The van der Waals surface area contributed by atoms with Crippen LogP contribution in [0.4, 0.5) is 14.5 Å². The van der Waals surface area contributed by atoms with Gasteiger partial charge in [-0.1, -0.05) is 20.8 Å². The fourth-order valence-electron chi connectivity index (χ4n) is 12.6. The molecule has 0 radical (unpaired) electrons. The summed E-state index contributed by atoms with van der Waals surface area (Å²) in [4.78, 5) is 58.7. The molecule has 11 rings (SSSR count). The molecule has 5 aliphatic heterocycles. The second-order valence-electron chi connectivity index (χ2n) is 23.1. The van der Waals surface area contributed by atoms with E-state index in [0.29, 0.717) is 63.8 Å². The number of halogens is 2. The van der Waals surface area contributed by atoms with Crippen molar-refractivity contribution in [1.29, 1.82) is 0 Å². The first-order chi connectivity index (χ1) is 37.2. The smallest absolute Gasteiger partial charge is 0.324 e. The number of hydrogen-bond donors (Lipinski definition) is 2. The summed E-state index contributed by atoms with van der Waals surface area (Å²) in [5, 5.41) is 5.09. The molecular formula is C57H76F2N8O10. The van der Waals surface area contributed by atoms with Gasteiger partial charge < -0.3 is 47.6 Å². The third-order valence-corrected chi connectivity index (χ3v) is 17.1. The number of cyclic esters (lactones) is 1. The number of rotatable bonds is 15. The minimum atomic E-state index is -2.91. The minimum Gasteiger partial charge on any atom is -0.464 e. The number of esters is 1. The quantitative estimate of drug-likeness (QED) is 0.116. The number of carbonyl (C=O) groups is 3. The Hall–Kier alpha value is -5.09. The number of alkyl halides is 2. The fraction of sp³-hybridized carbons (Fsp3) is 0.667. The molecule has 4 aromatic rings. The van der Waals surface area contributed by atoms with E-state index in [0.717, 1.165) is 91.0 Å². The van der Waals surface area contributed by atoms with Gasteiger partial charge in [0, 0.05) is 112 Å². The lowest BCUT2D eigenvalue weighted by Gasteiger charge is -2.37. The zero-order valence-electron chi connectivity index (χ0n) is 45.2. The number of anilines is 1. The molecule has 6 fully saturated rings. The normalized spacial score (nSPS) is 28.0. The van der Waals surface area contributed by atoms with E-state index in [1.54, 1.807) is 7.11 Å². The number of hydrogen-bond acceptors (Lipinski definition) is 15. The van der Waals surface area contributed by atoms with Crippen LogP contribution in [0.2, 0.25) is 0 Å². The maximum atomic E-state index is 14.9. The van der Waals surface area contributed by atoms with Gasteiger partial charge in [-0.3, -0.25) is 29.3 Å². The van der Waals surface area contributed by atoms with Crippen LogP contribution in [0.3, 0.4) is 0 Å². The number of aromatic nitrogens is 3. The summed E-state index contributed by atoms with van der Waals surface area (Å²) < 4.78 is 73.6. The maximum absolute atomic E-state index is 14.9. The van der Waals surface area contributed by atoms with E-state index >= 15 is 0 Å². The zero-order chi connectivity index (χ0) is 53.5. The summed E-state index contributed by atoms with van der Waals surface area (Å²) >= 11 is 0. The first-order valence-electron chi connectivity index (χ1n) is 28.1. The first kappa shape index (κ1) is 53.9. The molecule has 3 aromatic heterocycles. The van der Waals surface area contributed by atoms with Crippen LogP contribution in [0.15, 0.2) is 41.1 Å². The Labute approximate surface area is 449 Å². The van der Waals surface area contributed by atoms with Gasteiger partial charge in [0.05, 0.1) is 54.8 Å². The Morgan fingerprint density at radius 3 is 2.53 bits per heavy atom. The van der Waals surface area contributed by atoms with Crippen molar-refractivity contribution in [3.63, 3.8) is 0 Å². The van der Waals surface area contributed by atoms with Crippen molar-refractivity contribution in [3.8, 4) is 22.7 Å². The van der Waals surface area contributed by atoms with Crippen LogP contribution in [0.1, 0.15) is 108 Å². The molecule has 20 heteroatoms. The van der Waals surface area contributed by atoms with Crippen molar-refractivity contribution >= 4 is 34.4 Å². The number of nitrogens with one attached hydrogen (secondary N) is 2. The summed E-state index contributed by atoms with van der Waals surface area (Å²) in [6.07, 6.45) is 5.58. The van der Waals surface area contributed by atoms with Crippen molar-refractivity contribution in [1.82, 2.24) is 35.2 Å². The van der Waals surface area contributed by atoms with E-state index in [2.05, 4.69) is 45.0 Å². The molecule has 77 heavy (non-hydrogen) atoms. The molecule has 0 unspecified atom stereocenters. The second kappa shape index (κ2) is 22.9. The molecule has 0 spiro atoms. The molecule has 7 aliphatic rings. The summed E-state index contributed by atoms with van der Waals surface area (Å²) in [6, 6.07) is 6.46. The number of ether oxygens (including phenoxy) is 6. The summed E-state index contributed by atoms with van der Waals surface area (Å²) in [6.45, 7) is 13.9. The second-order valence-corrected chi connectivity index (χ2v) is 23.1. The van der Waals surface area contributed by atoms with Crippen molar-refractivity contribution in [2.75, 3.05) is 84.4 Å². The molecule has 2 amide bonds. The van der Waals surface area contributed by atoms with Crippen LogP contribution < -0.4 is 15.6 Å². The van der Waals surface area contributed by atoms with Crippen LogP contribution in [0, 0.1) is 23.2 Å². The lowest BCUT2D eigenvalue weighted by atomic mass is 9.84. The lowest BCUT2D eigenvalue weighted by Crippen LogP contribution is -2.61. The van der Waals surface area contributed by atoms with Gasteiger partial charge >= 0.3 is 5.97 Å². The Bertz CT molecular complexity index is 2750. The minimum absolute atomic E-state index is 0.0272. The van der Waals surface area contributed by atoms with E-state index in [1.165, 1.54) is 24.1 Å². The molecule has 418 valence electrons. The topological polar surface area (TPSA) is 184 Å². The van der Waals surface area contributed by atoms with Crippen LogP contribution >= 0.6 is 0 Å². The molecule has 2 N–H and O–H groups in total. The molecule has 2 saturated carbocycles. The monoisotopic (exact) mass is 1070 g/mol. The first-order valence-corrected chi connectivity index (χ1v) is 28.1. The molecule has 4 saturated heterocycles. The van der Waals surface area contributed by atoms with Gasteiger partial charge in [-0.15, -0.1) is 0 Å². The number of fused-ring (bicyclic) bond motifs is 6. The van der Waals surface area contributed by atoms with Gasteiger partial charge in [0.15, 0.2) is 0 Å². The highest BCUT2D eigenvalue weighted by Crippen LogP contribution is 2.52. The van der Waals surface area contributed by atoms with Crippen molar-refractivity contribution in [2.45, 2.75) is 141 Å². The highest BCUT2D eigenvalue weighted by molar-refractivity contribution is 5.95. The van der Waals surface area contributed by atoms with Gasteiger partial charge in [-0.05, 0) is 100 Å². The predicted octanol–water partition coefficient (Wildman–Crippen LogP) is 7.04. The number of hydrazine groups is 1. The van der Waals surface area contributed by atoms with Gasteiger partial charge in [-0.25, -0.2) is 19.2 Å². The predicted molar refractivity (Wildman–Crippen MR) is 281 cm³/mol. The molecular weight excluding hydrogens is 995 g/mol. The van der Waals surface area contributed by atoms with Crippen LogP contribution in [-0.2, 0) is 55.8 Å². The number of carbonyl (C=O) groups excluding carboxylic acids is 3. The SMILES string of the molecule is CO[C@@H](C)c1ncc(N2CCN(C3CC3)CC2)cc1-c1c2c3cc(ccc3n1CCOC1CCOCC1)-c1nc(co1)[C@@H](OCC(F)F)[C@H](NC(=O)[C@H]1[C@H](C)[C@@H]1[C@H]1CCCO1)C(=O)N1CCC[C@H](N1)C(=O)OCC(C)(C)C2. The number of pyridine rings is 1. The third kappa shape index (κ3) is 11.7. The fourth-order valence-corrected chi connectivity index (χ4v) is 12.6. The molecule has 2 aliphatic carbocycles. The molecule has 18 nitrogen and oxygen atoms in total. The highest BCUT2D eigenvalue weighted by atomic mass is 19.3. The van der Waals surface area contributed by atoms with Gasteiger partial charge in [0.25, 0.3) is 12.3 Å². The number of oxazole rings is 1. The average molecular weight is 1070 g/mol. The van der Waals surface area contributed by atoms with Crippen molar-refractivity contribution in [3.05, 3.63) is 53.7 Å². The lowest BCUT2D eigenvalue weighted by molar-refractivity contribution is -0.157. The van der Waals surface area contributed by atoms with Gasteiger partial charge in [0.1, 0.15) is 36.8 Å². The van der Waals surface area contributed by atoms with Crippen molar-refractivity contribution < 1.29 is 56.0 Å². The highest BCUT2D eigenvalue weighted by Gasteiger charge is 2.57. The standard InChI is InChI=1S/C57H76F2N8O10/c1-33-47(45-9-7-22-74-45)48(33)53(68)62-50-52(75-31-46(58)59)43-30-76-54(61-43)35-10-13-44-39(26-35)41(28-57(3,4)32-77-56(70)42-8-6-16-67(63-42)55(50)69)51(66(44)21-25-73-38-14-23-72-24-15-38)40-27-37(29-60-49(40)34(2)71-5)65-19-17-64(18-20-65)36-11-12-36/h10,13,26-27,29-30,33-34,36,38,42,45-48,50,52,63H,6-9,11-12,14-25,28,31-32H2,1-5H3,(H,62,68)/t33-,34+,42+,45-,47-,48+,50+,52-/m1/s1. The number of benzene rings is 1.